The fourth-order valence-corrected chi connectivity index (χ4v) is 2.59. The second-order valence-electron chi connectivity index (χ2n) is 6.62. The van der Waals surface area contributed by atoms with E-state index in [9.17, 15) is 4.79 Å². The Hall–Kier alpha value is -1.63. The molecule has 0 bridgehead atoms. The Morgan fingerprint density at radius 3 is 2.45 bits per heavy atom. The smallest absolute Gasteiger partial charge is 0.162 e. The molecule has 1 aromatic carbocycles. The minimum atomic E-state index is 0.0680. The topological polar surface area (TPSA) is 17.1 Å². The Bertz CT molecular complexity index is 582. The van der Waals surface area contributed by atoms with Gasteiger partial charge in [-0.2, -0.15) is 0 Å². The van der Waals surface area contributed by atoms with E-state index in [-0.39, 0.29) is 17.1 Å². The molecule has 0 saturated carbocycles. The van der Waals surface area contributed by atoms with E-state index in [4.69, 9.17) is 0 Å². The number of rotatable bonds is 3. The predicted octanol–water partition coefficient (Wildman–Crippen LogP) is 5.18. The number of Topliss-reactive ketones (excluding diaryl/α,β-unsaturated/α-hetero) is 1. The molecule has 0 radical (unpaired) electrons. The zero-order chi connectivity index (χ0) is 14.9. The van der Waals surface area contributed by atoms with Crippen LogP contribution in [-0.4, -0.2) is 5.78 Å². The first-order valence-electron chi connectivity index (χ1n) is 7.37. The van der Waals surface area contributed by atoms with Gasteiger partial charge in [-0.3, -0.25) is 4.79 Å². The van der Waals surface area contributed by atoms with Crippen molar-refractivity contribution >= 4 is 5.78 Å². The first-order valence-corrected chi connectivity index (χ1v) is 7.37. The van der Waals surface area contributed by atoms with Crippen molar-refractivity contribution in [2.75, 3.05) is 0 Å². The van der Waals surface area contributed by atoms with Crippen molar-refractivity contribution in [2.24, 2.45) is 0 Å². The number of carbonyl (C=O) groups is 1. The summed E-state index contributed by atoms with van der Waals surface area (Å²) in [6.07, 6.45) is 7.08. The van der Waals surface area contributed by atoms with Gasteiger partial charge in [0.15, 0.2) is 5.78 Å². The van der Waals surface area contributed by atoms with Gasteiger partial charge in [0.25, 0.3) is 0 Å². The third-order valence-electron chi connectivity index (χ3n) is 3.91. The van der Waals surface area contributed by atoms with Gasteiger partial charge in [-0.25, -0.2) is 0 Å². The SMILES string of the molecule is CCC(=O)c1cc(C(C)(C)C)ccc1C1C=CC(C)=C1. The maximum Gasteiger partial charge on any atom is 0.162 e. The minimum absolute atomic E-state index is 0.0680. The van der Waals surface area contributed by atoms with E-state index in [1.807, 2.05) is 6.92 Å². The molecule has 0 aromatic heterocycles. The van der Waals surface area contributed by atoms with Crippen LogP contribution in [0.3, 0.4) is 0 Å². The van der Waals surface area contributed by atoms with E-state index in [0.29, 0.717) is 6.42 Å². The van der Waals surface area contributed by atoms with Gasteiger partial charge in [0.2, 0.25) is 0 Å². The average Bonchev–Trinajstić information content (AvgIpc) is 2.82. The van der Waals surface area contributed by atoms with Gasteiger partial charge in [-0.15, -0.1) is 0 Å². The standard InChI is InChI=1S/C19H24O/c1-6-18(20)17-12-15(19(3,4)5)9-10-16(17)14-8-7-13(2)11-14/h7-12,14H,6H2,1-5H3. The molecule has 106 valence electrons. The highest BCUT2D eigenvalue weighted by Crippen LogP contribution is 2.32. The summed E-state index contributed by atoms with van der Waals surface area (Å²) < 4.78 is 0. The summed E-state index contributed by atoms with van der Waals surface area (Å²) in [6, 6.07) is 6.39. The molecule has 0 fully saturated rings. The normalized spacial score (nSPS) is 18.2. The molecule has 1 aliphatic rings. The molecule has 1 aromatic rings. The van der Waals surface area contributed by atoms with E-state index in [2.05, 4.69) is 64.1 Å². The lowest BCUT2D eigenvalue weighted by atomic mass is 9.82. The molecule has 0 saturated heterocycles. The van der Waals surface area contributed by atoms with Crippen LogP contribution < -0.4 is 0 Å². The number of benzene rings is 1. The van der Waals surface area contributed by atoms with Crippen LogP contribution in [0, 0.1) is 0 Å². The molecule has 1 nitrogen and oxygen atoms in total. The highest BCUT2D eigenvalue weighted by molar-refractivity contribution is 5.98. The van der Waals surface area contributed by atoms with Crippen LogP contribution in [0.5, 0.6) is 0 Å². The van der Waals surface area contributed by atoms with Crippen molar-refractivity contribution in [2.45, 2.75) is 52.4 Å². The molecule has 0 amide bonds. The third-order valence-corrected chi connectivity index (χ3v) is 3.91. The van der Waals surface area contributed by atoms with Gasteiger partial charge >= 0.3 is 0 Å². The minimum Gasteiger partial charge on any atom is -0.294 e. The summed E-state index contributed by atoms with van der Waals surface area (Å²) in [4.78, 5) is 12.3. The van der Waals surface area contributed by atoms with Crippen LogP contribution in [-0.2, 0) is 5.41 Å². The lowest BCUT2D eigenvalue weighted by Crippen LogP contribution is -2.14. The zero-order valence-corrected chi connectivity index (χ0v) is 13.2. The summed E-state index contributed by atoms with van der Waals surface area (Å²) in [6.45, 7) is 10.6. The van der Waals surface area contributed by atoms with Crippen molar-refractivity contribution in [3.8, 4) is 0 Å². The number of carbonyl (C=O) groups excluding carboxylic acids is 1. The number of ketones is 1. The summed E-state index contributed by atoms with van der Waals surface area (Å²) >= 11 is 0. The van der Waals surface area contributed by atoms with Crippen molar-refractivity contribution in [1.82, 2.24) is 0 Å². The highest BCUT2D eigenvalue weighted by atomic mass is 16.1. The first-order chi connectivity index (χ1) is 9.32. The fraction of sp³-hybridized carbons (Fsp3) is 0.421. The number of allylic oxidation sites excluding steroid dienone is 4. The lowest BCUT2D eigenvalue weighted by Gasteiger charge is -2.22. The van der Waals surface area contributed by atoms with Crippen molar-refractivity contribution in [3.05, 3.63) is 58.7 Å². The Balaban J connectivity index is 2.52. The monoisotopic (exact) mass is 268 g/mol. The largest absolute Gasteiger partial charge is 0.294 e. The molecular weight excluding hydrogens is 244 g/mol. The van der Waals surface area contributed by atoms with Gasteiger partial charge in [-0.1, -0.05) is 63.6 Å². The maximum atomic E-state index is 12.3. The van der Waals surface area contributed by atoms with Crippen LogP contribution in [0.1, 0.15) is 68.4 Å². The average molecular weight is 268 g/mol. The van der Waals surface area contributed by atoms with Gasteiger partial charge in [0, 0.05) is 17.9 Å². The summed E-state index contributed by atoms with van der Waals surface area (Å²) in [5.41, 5.74) is 4.59. The summed E-state index contributed by atoms with van der Waals surface area (Å²) in [5, 5.41) is 0. The third kappa shape index (κ3) is 2.92. The second kappa shape index (κ2) is 5.40. The van der Waals surface area contributed by atoms with Crippen molar-refractivity contribution < 1.29 is 4.79 Å². The quantitative estimate of drug-likeness (QED) is 0.691. The predicted molar refractivity (Wildman–Crippen MR) is 85.4 cm³/mol. The lowest BCUT2D eigenvalue weighted by molar-refractivity contribution is 0.0987. The van der Waals surface area contributed by atoms with E-state index in [0.717, 1.165) is 11.1 Å². The van der Waals surface area contributed by atoms with Crippen LogP contribution in [0.4, 0.5) is 0 Å². The van der Waals surface area contributed by atoms with E-state index in [1.54, 1.807) is 0 Å². The molecule has 2 rings (SSSR count). The van der Waals surface area contributed by atoms with E-state index < -0.39 is 0 Å². The molecule has 0 N–H and O–H groups in total. The maximum absolute atomic E-state index is 12.3. The van der Waals surface area contributed by atoms with Gasteiger partial charge in [-0.05, 0) is 29.5 Å². The van der Waals surface area contributed by atoms with E-state index in [1.165, 1.54) is 11.1 Å². The molecule has 20 heavy (non-hydrogen) atoms. The molecule has 1 atom stereocenters. The molecule has 1 heteroatoms. The molecule has 0 spiro atoms. The number of hydrogen-bond acceptors (Lipinski definition) is 1. The first kappa shape index (κ1) is 14.8. The molecule has 1 unspecified atom stereocenters. The van der Waals surface area contributed by atoms with Gasteiger partial charge in [0.1, 0.15) is 0 Å². The molecule has 0 heterocycles. The van der Waals surface area contributed by atoms with Crippen molar-refractivity contribution in [3.63, 3.8) is 0 Å². The second-order valence-corrected chi connectivity index (χ2v) is 6.62. The van der Waals surface area contributed by atoms with Crippen LogP contribution in [0.25, 0.3) is 0 Å². The van der Waals surface area contributed by atoms with Gasteiger partial charge < -0.3 is 0 Å². The molecule has 0 aliphatic heterocycles. The Morgan fingerprint density at radius 1 is 1.25 bits per heavy atom. The van der Waals surface area contributed by atoms with Crippen LogP contribution in [0.2, 0.25) is 0 Å². The highest BCUT2D eigenvalue weighted by Gasteiger charge is 2.21. The zero-order valence-electron chi connectivity index (χ0n) is 13.2. The van der Waals surface area contributed by atoms with Crippen LogP contribution in [0.15, 0.2) is 42.0 Å². The molecular formula is C19H24O. The Kier molecular flexibility index (Phi) is 3.99. The summed E-state index contributed by atoms with van der Waals surface area (Å²) in [5.74, 6) is 0.479. The fourth-order valence-electron chi connectivity index (χ4n) is 2.59. The van der Waals surface area contributed by atoms with Crippen molar-refractivity contribution in [1.29, 1.82) is 0 Å². The Morgan fingerprint density at radius 2 is 1.95 bits per heavy atom. The van der Waals surface area contributed by atoms with Crippen LogP contribution >= 0.6 is 0 Å². The van der Waals surface area contributed by atoms with E-state index >= 15 is 0 Å². The number of hydrogen-bond donors (Lipinski definition) is 0. The molecule has 1 aliphatic carbocycles. The summed E-state index contributed by atoms with van der Waals surface area (Å²) in [7, 11) is 0. The Labute approximate surface area is 122 Å². The van der Waals surface area contributed by atoms with Gasteiger partial charge in [0.05, 0.1) is 0 Å².